The first-order valence-electron chi connectivity index (χ1n) is 10.4. The van der Waals surface area contributed by atoms with E-state index in [0.717, 1.165) is 30.3 Å². The van der Waals surface area contributed by atoms with Crippen LogP contribution in [-0.2, 0) is 11.3 Å². The van der Waals surface area contributed by atoms with E-state index in [0.29, 0.717) is 10.6 Å². The van der Waals surface area contributed by atoms with Crippen molar-refractivity contribution in [2.24, 2.45) is 5.92 Å². The first kappa shape index (κ1) is 20.3. The Labute approximate surface area is 181 Å². The Bertz CT molecular complexity index is 1060. The van der Waals surface area contributed by atoms with Crippen LogP contribution in [0.1, 0.15) is 25.3 Å². The van der Waals surface area contributed by atoms with E-state index in [1.165, 1.54) is 24.1 Å². The predicted molar refractivity (Wildman–Crippen MR) is 123 cm³/mol. The number of aromatic amines is 1. The molecule has 2 heterocycles. The molecule has 0 unspecified atom stereocenters. The van der Waals surface area contributed by atoms with Gasteiger partial charge in [0, 0.05) is 30.0 Å². The van der Waals surface area contributed by atoms with Gasteiger partial charge in [0.05, 0.1) is 0 Å². The number of hydrogen-bond acceptors (Lipinski definition) is 4. The fourth-order valence-corrected chi connectivity index (χ4v) is 3.95. The Balaban J connectivity index is 1.42. The molecule has 1 aliphatic rings. The molecule has 1 amide bonds. The molecular weight excluding hydrogens is 394 g/mol. The number of rotatable bonds is 5. The minimum Gasteiger partial charge on any atom is -0.372 e. The third kappa shape index (κ3) is 4.62. The van der Waals surface area contributed by atoms with Gasteiger partial charge in [0.1, 0.15) is 6.54 Å². The van der Waals surface area contributed by atoms with Crippen LogP contribution in [-0.4, -0.2) is 33.8 Å². The fraction of sp³-hybridized carbons (Fsp3) is 0.348. The lowest BCUT2D eigenvalue weighted by Gasteiger charge is -2.32. The summed E-state index contributed by atoms with van der Waals surface area (Å²) in [7, 11) is 0. The zero-order valence-electron chi connectivity index (χ0n) is 17.4. The lowest BCUT2D eigenvalue weighted by Crippen LogP contribution is -2.32. The zero-order valence-corrected chi connectivity index (χ0v) is 18.2. The minimum absolute atomic E-state index is 0.101. The van der Waals surface area contributed by atoms with Crippen LogP contribution in [0.3, 0.4) is 0 Å². The molecule has 0 radical (unpaired) electrons. The lowest BCUT2D eigenvalue weighted by molar-refractivity contribution is -0.116. The number of amides is 1. The van der Waals surface area contributed by atoms with E-state index in [1.54, 1.807) is 4.57 Å². The summed E-state index contributed by atoms with van der Waals surface area (Å²) < 4.78 is 2.15. The van der Waals surface area contributed by atoms with Crippen molar-refractivity contribution in [3.8, 4) is 11.4 Å². The number of aromatic nitrogens is 3. The van der Waals surface area contributed by atoms with Gasteiger partial charge in [-0.25, -0.2) is 0 Å². The van der Waals surface area contributed by atoms with Gasteiger partial charge >= 0.3 is 0 Å². The van der Waals surface area contributed by atoms with Crippen molar-refractivity contribution in [3.63, 3.8) is 0 Å². The molecule has 30 heavy (non-hydrogen) atoms. The second-order valence-corrected chi connectivity index (χ2v) is 8.46. The molecule has 1 aromatic heterocycles. The molecule has 6 nitrogen and oxygen atoms in total. The molecule has 156 valence electrons. The van der Waals surface area contributed by atoms with E-state index in [4.69, 9.17) is 12.2 Å². The average Bonchev–Trinajstić information content (AvgIpc) is 3.10. The van der Waals surface area contributed by atoms with E-state index >= 15 is 0 Å². The summed E-state index contributed by atoms with van der Waals surface area (Å²) in [5.41, 5.74) is 4.07. The number of benzene rings is 2. The van der Waals surface area contributed by atoms with Crippen LogP contribution in [0.5, 0.6) is 0 Å². The molecule has 1 fully saturated rings. The molecule has 0 atom stereocenters. The Hall–Kier alpha value is -2.93. The first-order valence-corrected chi connectivity index (χ1v) is 10.8. The number of hydrogen-bond donors (Lipinski definition) is 2. The fourth-order valence-electron chi connectivity index (χ4n) is 3.75. The number of aryl methyl sites for hydroxylation is 1. The maximum Gasteiger partial charge on any atom is 0.244 e. The van der Waals surface area contributed by atoms with Crippen molar-refractivity contribution < 1.29 is 4.79 Å². The third-order valence-electron chi connectivity index (χ3n) is 5.67. The van der Waals surface area contributed by atoms with Crippen molar-refractivity contribution in [1.29, 1.82) is 0 Å². The van der Waals surface area contributed by atoms with E-state index in [-0.39, 0.29) is 12.5 Å². The number of H-pyrrole nitrogens is 1. The van der Waals surface area contributed by atoms with Crippen molar-refractivity contribution >= 4 is 29.5 Å². The minimum atomic E-state index is -0.139. The largest absolute Gasteiger partial charge is 0.372 e. The number of nitrogens with one attached hydrogen (secondary N) is 2. The van der Waals surface area contributed by atoms with Crippen molar-refractivity contribution in [2.45, 2.75) is 33.2 Å². The summed E-state index contributed by atoms with van der Waals surface area (Å²) in [6.07, 6.45) is 2.46. The number of carbonyl (C=O) groups is 1. The maximum atomic E-state index is 12.7. The highest BCUT2D eigenvalue weighted by molar-refractivity contribution is 7.71. The summed E-state index contributed by atoms with van der Waals surface area (Å²) in [6, 6.07) is 16.1. The third-order valence-corrected chi connectivity index (χ3v) is 5.98. The second-order valence-electron chi connectivity index (χ2n) is 8.07. The summed E-state index contributed by atoms with van der Waals surface area (Å²) in [6.45, 7) is 6.63. The van der Waals surface area contributed by atoms with Crippen LogP contribution in [0.2, 0.25) is 0 Å². The van der Waals surface area contributed by atoms with Crippen LogP contribution in [0.15, 0.2) is 48.5 Å². The molecule has 4 rings (SSSR count). The maximum absolute atomic E-state index is 12.7. The summed E-state index contributed by atoms with van der Waals surface area (Å²) in [5.74, 6) is 1.32. The summed E-state index contributed by atoms with van der Waals surface area (Å²) in [4.78, 5) is 15.1. The summed E-state index contributed by atoms with van der Waals surface area (Å²) >= 11 is 5.34. The normalized spacial score (nSPS) is 14.7. The number of carbonyl (C=O) groups excluding carboxylic acids is 1. The molecule has 0 aliphatic carbocycles. The number of piperidine rings is 1. The highest BCUT2D eigenvalue weighted by atomic mass is 32.1. The van der Waals surface area contributed by atoms with Gasteiger partial charge in [-0.15, -0.1) is 0 Å². The predicted octanol–water partition coefficient (Wildman–Crippen LogP) is 4.79. The standard InChI is InChI=1S/C23H27N5OS/c1-16-3-5-18(6-4-16)22-25-26-23(30)28(22)15-21(29)24-19-7-9-20(10-8-19)27-13-11-17(2)12-14-27/h3-10,17H,11-15H2,1-2H3,(H,24,29)(H,26,30). The van der Waals surface area contributed by atoms with Crippen LogP contribution in [0.25, 0.3) is 11.4 Å². The number of anilines is 2. The summed E-state index contributed by atoms with van der Waals surface area (Å²) in [5, 5.41) is 10.1. The quantitative estimate of drug-likeness (QED) is 0.581. The van der Waals surface area contributed by atoms with Crippen LogP contribution in [0.4, 0.5) is 11.4 Å². The van der Waals surface area contributed by atoms with Crippen LogP contribution >= 0.6 is 12.2 Å². The van der Waals surface area contributed by atoms with Gasteiger partial charge in [-0.2, -0.15) is 5.10 Å². The van der Waals surface area contributed by atoms with E-state index in [1.807, 2.05) is 43.3 Å². The monoisotopic (exact) mass is 421 g/mol. The molecule has 2 N–H and O–H groups in total. The second kappa shape index (κ2) is 8.83. The van der Waals surface area contributed by atoms with Crippen LogP contribution in [0, 0.1) is 17.6 Å². The molecule has 0 saturated carbocycles. The molecule has 0 spiro atoms. The highest BCUT2D eigenvalue weighted by Crippen LogP contribution is 2.24. The average molecular weight is 422 g/mol. The molecule has 0 bridgehead atoms. The van der Waals surface area contributed by atoms with Gasteiger partial charge in [-0.05, 0) is 62.2 Å². The van der Waals surface area contributed by atoms with Crippen molar-refractivity contribution in [1.82, 2.24) is 14.8 Å². The van der Waals surface area contributed by atoms with Crippen molar-refractivity contribution in [2.75, 3.05) is 23.3 Å². The smallest absolute Gasteiger partial charge is 0.244 e. The molecule has 1 aliphatic heterocycles. The van der Waals surface area contributed by atoms with Crippen molar-refractivity contribution in [3.05, 3.63) is 58.9 Å². The Kier molecular flexibility index (Phi) is 5.99. The Morgan fingerprint density at radius 1 is 1.13 bits per heavy atom. The number of nitrogens with zero attached hydrogens (tertiary/aromatic N) is 3. The molecule has 1 saturated heterocycles. The van der Waals surface area contributed by atoms with E-state index < -0.39 is 0 Å². The Morgan fingerprint density at radius 3 is 2.47 bits per heavy atom. The van der Waals surface area contributed by atoms with Crippen LogP contribution < -0.4 is 10.2 Å². The molecular formula is C23H27N5OS. The Morgan fingerprint density at radius 2 is 1.80 bits per heavy atom. The van der Waals surface area contributed by atoms with E-state index in [9.17, 15) is 4.79 Å². The van der Waals surface area contributed by atoms with Gasteiger partial charge in [0.15, 0.2) is 10.6 Å². The van der Waals surface area contributed by atoms with Gasteiger partial charge in [-0.3, -0.25) is 14.5 Å². The highest BCUT2D eigenvalue weighted by Gasteiger charge is 2.16. The van der Waals surface area contributed by atoms with Gasteiger partial charge in [0.25, 0.3) is 0 Å². The molecule has 3 aromatic rings. The molecule has 7 heteroatoms. The lowest BCUT2D eigenvalue weighted by atomic mass is 9.99. The van der Waals surface area contributed by atoms with Gasteiger partial charge in [-0.1, -0.05) is 36.8 Å². The first-order chi connectivity index (χ1) is 14.5. The van der Waals surface area contributed by atoms with Gasteiger partial charge in [0.2, 0.25) is 5.91 Å². The van der Waals surface area contributed by atoms with E-state index in [2.05, 4.69) is 39.5 Å². The SMILES string of the molecule is Cc1ccc(-c2n[nH]c(=S)n2CC(=O)Nc2ccc(N3CCC(C)CC3)cc2)cc1. The molecule has 2 aromatic carbocycles. The zero-order chi connectivity index (χ0) is 21.1. The van der Waals surface area contributed by atoms with Gasteiger partial charge < -0.3 is 10.2 Å². The topological polar surface area (TPSA) is 66.0 Å².